The van der Waals surface area contributed by atoms with Crippen molar-refractivity contribution in [2.75, 3.05) is 12.4 Å². The van der Waals surface area contributed by atoms with Crippen LogP contribution in [0.15, 0.2) is 54.1 Å². The molecule has 0 spiro atoms. The highest BCUT2D eigenvalue weighted by Gasteiger charge is 2.41. The highest BCUT2D eigenvalue weighted by molar-refractivity contribution is 14.1. The standard InChI is InChI=1S/C26H23I2NO2/c1-26(2)12-18-23(21(30)13-26)22-16-7-5-4-6-14(16)8-9-20(22)29-24(18)17-10-15(27)11-19(28)25(17)31-3/h4-11,24,29H,12-13H2,1-3H3/t24-/m1/s1. The lowest BCUT2D eigenvalue weighted by Crippen LogP contribution is -2.32. The van der Waals surface area contributed by atoms with E-state index >= 15 is 0 Å². The van der Waals surface area contributed by atoms with Crippen molar-refractivity contribution in [3.63, 3.8) is 0 Å². The van der Waals surface area contributed by atoms with E-state index in [4.69, 9.17) is 4.74 Å². The summed E-state index contributed by atoms with van der Waals surface area (Å²) in [4.78, 5) is 13.6. The van der Waals surface area contributed by atoms with Gasteiger partial charge in [-0.15, -0.1) is 0 Å². The highest BCUT2D eigenvalue weighted by Crippen LogP contribution is 2.53. The van der Waals surface area contributed by atoms with E-state index in [9.17, 15) is 4.79 Å². The van der Waals surface area contributed by atoms with Gasteiger partial charge in [0.15, 0.2) is 5.78 Å². The van der Waals surface area contributed by atoms with E-state index in [0.29, 0.717) is 6.42 Å². The summed E-state index contributed by atoms with van der Waals surface area (Å²) < 4.78 is 8.08. The van der Waals surface area contributed by atoms with Crippen molar-refractivity contribution in [2.24, 2.45) is 5.41 Å². The molecule has 0 unspecified atom stereocenters. The number of ether oxygens (including phenoxy) is 1. The summed E-state index contributed by atoms with van der Waals surface area (Å²) in [6.45, 7) is 4.39. The third-order valence-corrected chi connectivity index (χ3v) is 7.71. The number of nitrogens with one attached hydrogen (secondary N) is 1. The number of carbonyl (C=O) groups excluding carboxylic acids is 1. The molecule has 3 nitrogen and oxygen atoms in total. The number of fused-ring (bicyclic) bond motifs is 4. The number of rotatable bonds is 2. The lowest BCUT2D eigenvalue weighted by molar-refractivity contribution is -0.116. The van der Waals surface area contributed by atoms with Crippen LogP contribution < -0.4 is 10.1 Å². The molecule has 158 valence electrons. The molecule has 5 rings (SSSR count). The van der Waals surface area contributed by atoms with Gasteiger partial charge >= 0.3 is 0 Å². The lowest BCUT2D eigenvalue weighted by Gasteiger charge is -2.41. The van der Waals surface area contributed by atoms with Crippen LogP contribution in [0, 0.1) is 12.6 Å². The minimum absolute atomic E-state index is 0.0692. The van der Waals surface area contributed by atoms with Crippen LogP contribution in [0.5, 0.6) is 5.75 Å². The zero-order chi connectivity index (χ0) is 21.9. The number of anilines is 1. The molecule has 1 N–H and O–H groups in total. The number of carbonyl (C=O) groups is 1. The summed E-state index contributed by atoms with van der Waals surface area (Å²) in [6.07, 6.45) is 1.45. The fraction of sp³-hybridized carbons (Fsp3) is 0.269. The van der Waals surface area contributed by atoms with Gasteiger partial charge in [0.1, 0.15) is 5.75 Å². The van der Waals surface area contributed by atoms with E-state index in [0.717, 1.165) is 52.5 Å². The van der Waals surface area contributed by atoms with Gasteiger partial charge in [-0.05, 0) is 91.6 Å². The first-order valence-corrected chi connectivity index (χ1v) is 12.5. The Morgan fingerprint density at radius 1 is 1.06 bits per heavy atom. The molecule has 0 fully saturated rings. The molecule has 1 atom stereocenters. The molecular formula is C26H23I2NO2. The topological polar surface area (TPSA) is 38.3 Å². The van der Waals surface area contributed by atoms with Crippen LogP contribution in [0.1, 0.15) is 43.9 Å². The molecule has 0 aromatic heterocycles. The zero-order valence-electron chi connectivity index (χ0n) is 17.7. The fourth-order valence-corrected chi connectivity index (χ4v) is 7.20. The number of methoxy groups -OCH3 is 1. The Hall–Kier alpha value is -1.61. The van der Waals surface area contributed by atoms with E-state index in [2.05, 4.69) is 107 Å². The first-order chi connectivity index (χ1) is 14.8. The Labute approximate surface area is 209 Å². The van der Waals surface area contributed by atoms with Gasteiger partial charge in [-0.3, -0.25) is 4.79 Å². The molecule has 0 saturated carbocycles. The van der Waals surface area contributed by atoms with Crippen LogP contribution in [-0.4, -0.2) is 12.9 Å². The van der Waals surface area contributed by atoms with Crippen molar-refractivity contribution in [2.45, 2.75) is 32.7 Å². The second kappa shape index (κ2) is 7.76. The van der Waals surface area contributed by atoms with Gasteiger partial charge < -0.3 is 10.1 Å². The second-order valence-electron chi connectivity index (χ2n) is 9.14. The first kappa shape index (κ1) is 21.2. The third-order valence-electron chi connectivity index (χ3n) is 6.29. The van der Waals surface area contributed by atoms with E-state index in [-0.39, 0.29) is 17.2 Å². The molecule has 3 aromatic carbocycles. The first-order valence-electron chi connectivity index (χ1n) is 10.4. The molecule has 1 heterocycles. The van der Waals surface area contributed by atoms with E-state index in [1.54, 1.807) is 7.11 Å². The predicted molar refractivity (Wildman–Crippen MR) is 144 cm³/mol. The van der Waals surface area contributed by atoms with Crippen LogP contribution in [0.4, 0.5) is 5.69 Å². The molecular weight excluding hydrogens is 612 g/mol. The predicted octanol–water partition coefficient (Wildman–Crippen LogP) is 7.37. The van der Waals surface area contributed by atoms with Gasteiger partial charge in [0.05, 0.1) is 16.7 Å². The smallest absolute Gasteiger partial charge is 0.164 e. The molecule has 0 amide bonds. The van der Waals surface area contributed by atoms with Gasteiger partial charge in [-0.25, -0.2) is 0 Å². The number of ketones is 1. The molecule has 3 aromatic rings. The Morgan fingerprint density at radius 2 is 1.84 bits per heavy atom. The SMILES string of the molecule is COc1c(I)cc(I)cc1[C@H]1Nc2ccc3ccccc3c2C2=C1CC(C)(C)CC2=O. The van der Waals surface area contributed by atoms with Gasteiger partial charge in [0.25, 0.3) is 0 Å². The van der Waals surface area contributed by atoms with Gasteiger partial charge in [-0.2, -0.15) is 0 Å². The largest absolute Gasteiger partial charge is 0.495 e. The molecule has 0 radical (unpaired) electrons. The van der Waals surface area contributed by atoms with Crippen molar-refractivity contribution < 1.29 is 9.53 Å². The average Bonchev–Trinajstić information content (AvgIpc) is 2.71. The number of halogens is 2. The van der Waals surface area contributed by atoms with E-state index in [1.807, 2.05) is 6.07 Å². The van der Waals surface area contributed by atoms with Crippen LogP contribution >= 0.6 is 45.2 Å². The molecule has 1 aliphatic carbocycles. The fourth-order valence-electron chi connectivity index (χ4n) is 5.09. The van der Waals surface area contributed by atoms with Gasteiger partial charge in [0, 0.05) is 32.4 Å². The van der Waals surface area contributed by atoms with Crippen molar-refractivity contribution >= 4 is 73.0 Å². The molecule has 1 aliphatic heterocycles. The van der Waals surface area contributed by atoms with Gasteiger partial charge in [-0.1, -0.05) is 44.2 Å². The average molecular weight is 635 g/mol. The number of hydrogen-bond donors (Lipinski definition) is 1. The number of benzene rings is 3. The lowest BCUT2D eigenvalue weighted by atomic mass is 9.67. The van der Waals surface area contributed by atoms with Crippen molar-refractivity contribution in [3.05, 3.63) is 72.4 Å². The maximum atomic E-state index is 13.6. The number of hydrogen-bond acceptors (Lipinski definition) is 3. The zero-order valence-corrected chi connectivity index (χ0v) is 22.0. The Balaban J connectivity index is 1.83. The quantitative estimate of drug-likeness (QED) is 0.299. The molecule has 31 heavy (non-hydrogen) atoms. The van der Waals surface area contributed by atoms with Crippen LogP contribution in [0.2, 0.25) is 0 Å². The van der Waals surface area contributed by atoms with Crippen molar-refractivity contribution in [1.29, 1.82) is 0 Å². The maximum absolute atomic E-state index is 13.6. The maximum Gasteiger partial charge on any atom is 0.164 e. The molecule has 5 heteroatoms. The minimum Gasteiger partial charge on any atom is -0.495 e. The Kier molecular flexibility index (Phi) is 5.32. The molecule has 0 saturated heterocycles. The van der Waals surface area contributed by atoms with Crippen LogP contribution in [-0.2, 0) is 4.79 Å². The Bertz CT molecular complexity index is 1280. The second-order valence-corrected chi connectivity index (χ2v) is 11.5. The number of allylic oxidation sites excluding steroid dienone is 1. The summed E-state index contributed by atoms with van der Waals surface area (Å²) >= 11 is 4.70. The monoisotopic (exact) mass is 635 g/mol. The number of Topliss-reactive ketones (excluding diaryl/α,β-unsaturated/α-hetero) is 1. The van der Waals surface area contributed by atoms with E-state index < -0.39 is 0 Å². The third kappa shape index (κ3) is 3.57. The summed E-state index contributed by atoms with van der Waals surface area (Å²) in [6, 6.07) is 16.8. The van der Waals surface area contributed by atoms with E-state index in [1.165, 1.54) is 5.57 Å². The van der Waals surface area contributed by atoms with Crippen LogP contribution in [0.25, 0.3) is 16.3 Å². The summed E-state index contributed by atoms with van der Waals surface area (Å²) in [7, 11) is 1.73. The van der Waals surface area contributed by atoms with Crippen LogP contribution in [0.3, 0.4) is 0 Å². The summed E-state index contributed by atoms with van der Waals surface area (Å²) in [5, 5.41) is 6.09. The van der Waals surface area contributed by atoms with Gasteiger partial charge in [0.2, 0.25) is 0 Å². The normalized spacial score (nSPS) is 19.6. The minimum atomic E-state index is -0.0923. The Morgan fingerprint density at radius 3 is 2.61 bits per heavy atom. The summed E-state index contributed by atoms with van der Waals surface area (Å²) in [5.74, 6) is 1.13. The molecule has 2 aliphatic rings. The highest BCUT2D eigenvalue weighted by atomic mass is 127. The van der Waals surface area contributed by atoms with Crippen molar-refractivity contribution in [3.8, 4) is 5.75 Å². The van der Waals surface area contributed by atoms with Crippen molar-refractivity contribution in [1.82, 2.24) is 0 Å². The summed E-state index contributed by atoms with van der Waals surface area (Å²) in [5.41, 5.74) is 5.19. The molecule has 0 bridgehead atoms.